The summed E-state index contributed by atoms with van der Waals surface area (Å²) >= 11 is 5.24. The second kappa shape index (κ2) is 12.3. The summed E-state index contributed by atoms with van der Waals surface area (Å²) in [6, 6.07) is 16.0. The highest BCUT2D eigenvalue weighted by Gasteiger charge is 2.57. The number of carbonyl (C=O) groups is 3. The summed E-state index contributed by atoms with van der Waals surface area (Å²) in [4.78, 5) is 55.6. The molecule has 46 heavy (non-hydrogen) atoms. The lowest BCUT2D eigenvalue weighted by atomic mass is 9.83. The van der Waals surface area contributed by atoms with Crippen LogP contribution < -0.4 is 24.6 Å². The fourth-order valence-electron chi connectivity index (χ4n) is 5.62. The molecule has 0 bridgehead atoms. The molecule has 3 heterocycles. The van der Waals surface area contributed by atoms with E-state index in [4.69, 9.17) is 9.47 Å². The molecule has 3 aromatic carbocycles. The lowest BCUT2D eigenvalue weighted by Gasteiger charge is -2.31. The molecule has 1 saturated heterocycles. The molecule has 6 rings (SSSR count). The molecular weight excluding hydrogens is 711 g/mol. The predicted molar refractivity (Wildman–Crippen MR) is 170 cm³/mol. The van der Waals surface area contributed by atoms with Crippen LogP contribution in [0.25, 0.3) is 0 Å². The van der Waals surface area contributed by atoms with Gasteiger partial charge in [0.15, 0.2) is 11.5 Å². The van der Waals surface area contributed by atoms with Crippen molar-refractivity contribution in [1.82, 2.24) is 4.57 Å². The summed E-state index contributed by atoms with van der Waals surface area (Å²) in [7, 11) is 2.94. The van der Waals surface area contributed by atoms with E-state index in [2.05, 4.69) is 21.2 Å². The highest BCUT2D eigenvalue weighted by molar-refractivity contribution is 9.10. The number of nitrogens with one attached hydrogen (secondary N) is 1. The molecule has 9 nitrogen and oxygen atoms in total. The van der Waals surface area contributed by atoms with Gasteiger partial charge in [0, 0.05) is 21.0 Å². The average Bonchev–Trinajstić information content (AvgIpc) is 3.47. The number of hydrogen-bond donors (Lipinski definition) is 1. The van der Waals surface area contributed by atoms with E-state index >= 15 is 0 Å². The number of methoxy groups -OCH3 is 2. The van der Waals surface area contributed by atoms with Crippen molar-refractivity contribution in [2.75, 3.05) is 24.4 Å². The van der Waals surface area contributed by atoms with Crippen LogP contribution in [-0.2, 0) is 27.1 Å². The van der Waals surface area contributed by atoms with E-state index in [1.54, 1.807) is 42.5 Å². The van der Waals surface area contributed by atoms with E-state index in [9.17, 15) is 32.3 Å². The van der Waals surface area contributed by atoms with Crippen molar-refractivity contribution in [3.05, 3.63) is 96.9 Å². The van der Waals surface area contributed by atoms with Gasteiger partial charge in [-0.15, -0.1) is 0 Å². The molecule has 15 heteroatoms. The van der Waals surface area contributed by atoms with Crippen molar-refractivity contribution in [2.45, 2.75) is 28.9 Å². The van der Waals surface area contributed by atoms with Gasteiger partial charge in [0.05, 0.1) is 36.4 Å². The van der Waals surface area contributed by atoms with Gasteiger partial charge < -0.3 is 14.8 Å². The van der Waals surface area contributed by atoms with Gasteiger partial charge >= 0.3 is 11.0 Å². The Balaban J connectivity index is 1.41. The van der Waals surface area contributed by atoms with E-state index < -0.39 is 58.0 Å². The van der Waals surface area contributed by atoms with E-state index in [1.807, 2.05) is 0 Å². The molecule has 4 aromatic rings. The Morgan fingerprint density at radius 2 is 1.67 bits per heavy atom. The van der Waals surface area contributed by atoms with Gasteiger partial charge in [-0.3, -0.25) is 23.7 Å². The second-order valence-electron chi connectivity index (χ2n) is 10.4. The number of hydrogen-bond acceptors (Lipinski definition) is 8. The highest BCUT2D eigenvalue weighted by Crippen LogP contribution is 2.54. The largest absolute Gasteiger partial charge is 0.493 e. The minimum absolute atomic E-state index is 0.0883. The maximum atomic E-state index is 14.1. The van der Waals surface area contributed by atoms with Crippen molar-refractivity contribution in [2.24, 2.45) is 5.92 Å². The summed E-state index contributed by atoms with van der Waals surface area (Å²) in [5, 5.41) is 1.82. The summed E-state index contributed by atoms with van der Waals surface area (Å²) in [6.45, 7) is -0.525. The lowest BCUT2D eigenvalue weighted by molar-refractivity contribution is -0.137. The number of benzene rings is 3. The number of amides is 3. The fourth-order valence-corrected chi connectivity index (χ4v) is 8.66. The molecular formula is C31H23BrF3N3O6S2. The van der Waals surface area contributed by atoms with E-state index in [1.165, 1.54) is 30.9 Å². The fraction of sp³-hybridized carbons (Fsp3) is 0.226. The minimum Gasteiger partial charge on any atom is -0.493 e. The van der Waals surface area contributed by atoms with Crippen LogP contribution in [0.1, 0.15) is 21.9 Å². The van der Waals surface area contributed by atoms with Crippen LogP contribution in [-0.4, -0.2) is 41.8 Å². The van der Waals surface area contributed by atoms with Crippen LogP contribution in [0.3, 0.4) is 0 Å². The molecule has 0 aliphatic carbocycles. The topological polar surface area (TPSA) is 107 Å². The number of alkyl halides is 3. The summed E-state index contributed by atoms with van der Waals surface area (Å²) in [5.41, 5.74) is -0.0422. The zero-order chi connectivity index (χ0) is 32.9. The van der Waals surface area contributed by atoms with Crippen LogP contribution in [0.4, 0.5) is 24.5 Å². The Morgan fingerprint density at radius 3 is 2.35 bits per heavy atom. The number of imide groups is 1. The molecule has 0 radical (unpaired) electrons. The number of carbonyl (C=O) groups excluding carboxylic acids is 3. The van der Waals surface area contributed by atoms with Crippen molar-refractivity contribution >= 4 is 68.1 Å². The first-order valence-electron chi connectivity index (χ1n) is 13.6. The molecule has 3 atom stereocenters. The van der Waals surface area contributed by atoms with Crippen molar-refractivity contribution in [1.29, 1.82) is 0 Å². The van der Waals surface area contributed by atoms with Crippen LogP contribution in [0.15, 0.2) is 81.0 Å². The van der Waals surface area contributed by atoms with E-state index in [0.717, 1.165) is 44.6 Å². The Bertz CT molecular complexity index is 1930. The van der Waals surface area contributed by atoms with Gasteiger partial charge in [-0.25, -0.2) is 4.90 Å². The normalized spacial score (nSPS) is 19.1. The van der Waals surface area contributed by atoms with Crippen LogP contribution in [0, 0.1) is 5.92 Å². The van der Waals surface area contributed by atoms with E-state index in [-0.39, 0.29) is 5.69 Å². The third-order valence-electron chi connectivity index (χ3n) is 7.68. The first-order valence-corrected chi connectivity index (χ1v) is 16.1. The maximum absolute atomic E-state index is 14.1. The van der Waals surface area contributed by atoms with Crippen LogP contribution >= 0.6 is 39.0 Å². The zero-order valence-corrected chi connectivity index (χ0v) is 27.2. The number of halogens is 4. The molecule has 2 aliphatic rings. The zero-order valence-electron chi connectivity index (χ0n) is 24.0. The molecule has 2 aliphatic heterocycles. The monoisotopic (exact) mass is 733 g/mol. The van der Waals surface area contributed by atoms with Crippen molar-refractivity contribution in [3.8, 4) is 11.5 Å². The first kappa shape index (κ1) is 31.9. The minimum atomic E-state index is -4.61. The first-order chi connectivity index (χ1) is 21.9. The molecule has 1 aromatic heterocycles. The average molecular weight is 735 g/mol. The number of anilines is 2. The molecule has 1 fully saturated rings. The third kappa shape index (κ3) is 5.71. The van der Waals surface area contributed by atoms with Crippen LogP contribution in [0.5, 0.6) is 11.5 Å². The quantitative estimate of drug-likeness (QED) is 0.228. The molecule has 238 valence electrons. The number of thiazole rings is 1. The second-order valence-corrected chi connectivity index (χ2v) is 13.4. The lowest BCUT2D eigenvalue weighted by Crippen LogP contribution is -2.33. The van der Waals surface area contributed by atoms with Gasteiger partial charge in [-0.2, -0.15) is 13.2 Å². The van der Waals surface area contributed by atoms with Crippen molar-refractivity contribution < 1.29 is 37.0 Å². The smallest absolute Gasteiger partial charge is 0.416 e. The Kier molecular flexibility index (Phi) is 8.50. The van der Waals surface area contributed by atoms with Gasteiger partial charge in [-0.05, 0) is 60.2 Å². The summed E-state index contributed by atoms with van der Waals surface area (Å²) in [5.74, 6) is -2.49. The third-order valence-corrected chi connectivity index (χ3v) is 10.8. The highest BCUT2D eigenvalue weighted by atomic mass is 79.9. The number of nitrogens with zero attached hydrogens (tertiary/aromatic N) is 2. The number of ether oxygens (including phenoxy) is 2. The summed E-state index contributed by atoms with van der Waals surface area (Å²) in [6.07, 6.45) is -4.61. The van der Waals surface area contributed by atoms with Gasteiger partial charge in [0.25, 0.3) is 0 Å². The van der Waals surface area contributed by atoms with Crippen molar-refractivity contribution in [3.63, 3.8) is 0 Å². The van der Waals surface area contributed by atoms with Gasteiger partial charge in [0.1, 0.15) is 11.8 Å². The molecule has 1 N–H and O–H groups in total. The standard InChI is InChI=1S/C31H23BrF3N3O6S2/c1-43-20-11-6-15(12-21(20)44-2)23-24-25(28(41)38(27(24)40)19-9-7-17(32)8-10-19)45-29-26(23)46-30(42)37(29)14-22(39)36-18-5-3-4-16(13-18)31(33,34)35/h3-13,23-25H,14H2,1-2H3,(H,36,39). The number of thioether (sulfide) groups is 1. The molecule has 3 amide bonds. The number of rotatable bonds is 7. The van der Waals surface area contributed by atoms with Crippen LogP contribution in [0.2, 0.25) is 0 Å². The van der Waals surface area contributed by atoms with Gasteiger partial charge in [-0.1, -0.05) is 51.2 Å². The SMILES string of the molecule is COc1ccc(C2c3sc(=O)n(CC(=O)Nc4cccc(C(F)(F)F)c4)c3SC3C(=O)N(c4ccc(Br)cc4)C(=O)C32)cc1OC. The molecule has 0 saturated carbocycles. The molecule has 0 spiro atoms. The Hall–Kier alpha value is -4.08. The number of fused-ring (bicyclic) bond motifs is 2. The number of aromatic nitrogens is 1. The predicted octanol–water partition coefficient (Wildman–Crippen LogP) is 6.14. The maximum Gasteiger partial charge on any atom is 0.416 e. The van der Waals surface area contributed by atoms with Gasteiger partial charge in [0.2, 0.25) is 17.7 Å². The van der Waals surface area contributed by atoms with E-state index in [0.29, 0.717) is 32.7 Å². The molecule has 3 unspecified atom stereocenters. The Morgan fingerprint density at radius 1 is 0.957 bits per heavy atom. The Labute approximate surface area is 276 Å². The summed E-state index contributed by atoms with van der Waals surface area (Å²) < 4.78 is 52.5.